The van der Waals surface area contributed by atoms with Gasteiger partial charge in [-0.25, -0.2) is 4.79 Å². The second-order valence-electron chi connectivity index (χ2n) is 8.16. The first-order valence-corrected chi connectivity index (χ1v) is 11.2. The number of carbonyl (C=O) groups excluding carboxylic acids is 2. The molecule has 4 rings (SSSR count). The van der Waals surface area contributed by atoms with Crippen molar-refractivity contribution in [3.8, 4) is 11.1 Å². The van der Waals surface area contributed by atoms with E-state index < -0.39 is 30.6 Å². The lowest BCUT2D eigenvalue weighted by Crippen LogP contribution is -2.48. The smallest absolute Gasteiger partial charge is 0.407 e. The summed E-state index contributed by atoms with van der Waals surface area (Å²) in [7, 11) is 0. The molecule has 34 heavy (non-hydrogen) atoms. The molecule has 174 valence electrons. The SMILES string of the molecule is O=C(O)CNC(=O)[C@H](CCc1ccccc1)NC(=O)OCC1c2ccccc2-c2ccccc21. The Morgan fingerprint density at radius 2 is 1.44 bits per heavy atom. The van der Waals surface area contributed by atoms with Gasteiger partial charge in [-0.3, -0.25) is 9.59 Å². The Balaban J connectivity index is 1.41. The molecule has 3 aromatic rings. The topological polar surface area (TPSA) is 105 Å². The lowest BCUT2D eigenvalue weighted by atomic mass is 9.98. The molecular formula is C27H26N2O5. The van der Waals surface area contributed by atoms with Crippen LogP contribution in [-0.4, -0.2) is 42.3 Å². The number of carboxylic acid groups (broad SMARTS) is 1. The average Bonchev–Trinajstić information content (AvgIpc) is 3.18. The highest BCUT2D eigenvalue weighted by Gasteiger charge is 2.29. The monoisotopic (exact) mass is 458 g/mol. The van der Waals surface area contributed by atoms with Gasteiger partial charge in [0, 0.05) is 5.92 Å². The van der Waals surface area contributed by atoms with Crippen LogP contribution < -0.4 is 10.6 Å². The second-order valence-corrected chi connectivity index (χ2v) is 8.16. The molecule has 3 N–H and O–H groups in total. The predicted molar refractivity (Wildman–Crippen MR) is 127 cm³/mol. The Morgan fingerprint density at radius 1 is 0.853 bits per heavy atom. The van der Waals surface area contributed by atoms with Gasteiger partial charge in [-0.05, 0) is 40.7 Å². The summed E-state index contributed by atoms with van der Waals surface area (Å²) in [6, 6.07) is 24.7. The third-order valence-corrected chi connectivity index (χ3v) is 5.93. The van der Waals surface area contributed by atoms with Crippen LogP contribution in [0, 0.1) is 0 Å². The number of nitrogens with one attached hydrogen (secondary N) is 2. The van der Waals surface area contributed by atoms with Crippen LogP contribution in [0.1, 0.15) is 29.0 Å². The lowest BCUT2D eigenvalue weighted by Gasteiger charge is -2.19. The molecule has 2 amide bonds. The molecule has 0 unspecified atom stereocenters. The highest BCUT2D eigenvalue weighted by Crippen LogP contribution is 2.44. The number of alkyl carbamates (subject to hydrolysis) is 1. The molecule has 0 saturated carbocycles. The average molecular weight is 459 g/mol. The van der Waals surface area contributed by atoms with Gasteiger partial charge in [-0.2, -0.15) is 0 Å². The van der Waals surface area contributed by atoms with Gasteiger partial charge >= 0.3 is 12.1 Å². The molecule has 0 spiro atoms. The Bertz CT molecular complexity index is 1130. The summed E-state index contributed by atoms with van der Waals surface area (Å²) in [5.41, 5.74) is 5.45. The maximum Gasteiger partial charge on any atom is 0.407 e. The molecule has 3 aromatic carbocycles. The minimum absolute atomic E-state index is 0.0956. The van der Waals surface area contributed by atoms with Gasteiger partial charge in [0.25, 0.3) is 0 Å². The van der Waals surface area contributed by atoms with Gasteiger partial charge in [0.2, 0.25) is 5.91 Å². The number of aryl methyl sites for hydroxylation is 1. The number of rotatable bonds is 9. The van der Waals surface area contributed by atoms with E-state index in [9.17, 15) is 14.4 Å². The molecule has 0 saturated heterocycles. The van der Waals surface area contributed by atoms with Crippen LogP contribution in [0.2, 0.25) is 0 Å². The normalized spacial score (nSPS) is 12.8. The molecule has 7 nitrogen and oxygen atoms in total. The zero-order chi connectivity index (χ0) is 23.9. The Labute approximate surface area is 197 Å². The molecule has 1 aliphatic carbocycles. The highest BCUT2D eigenvalue weighted by atomic mass is 16.5. The van der Waals surface area contributed by atoms with E-state index in [1.807, 2.05) is 66.7 Å². The van der Waals surface area contributed by atoms with Crippen molar-refractivity contribution in [3.63, 3.8) is 0 Å². The summed E-state index contributed by atoms with van der Waals surface area (Å²) in [5, 5.41) is 13.8. The van der Waals surface area contributed by atoms with E-state index in [0.29, 0.717) is 12.8 Å². The van der Waals surface area contributed by atoms with Crippen molar-refractivity contribution < 1.29 is 24.2 Å². The minimum atomic E-state index is -1.16. The molecule has 0 bridgehead atoms. The zero-order valence-corrected chi connectivity index (χ0v) is 18.6. The number of ether oxygens (including phenoxy) is 1. The summed E-state index contributed by atoms with van der Waals surface area (Å²) < 4.78 is 5.55. The lowest BCUT2D eigenvalue weighted by molar-refractivity contribution is -0.138. The van der Waals surface area contributed by atoms with E-state index in [1.165, 1.54) is 0 Å². The standard InChI is InChI=1S/C27H26N2O5/c30-25(31)16-28-26(32)24(15-14-18-8-2-1-3-9-18)29-27(33)34-17-23-21-12-6-4-10-19(21)20-11-5-7-13-22(20)23/h1-13,23-24H,14-17H2,(H,28,32)(H,29,33)(H,30,31)/t24-/m0/s1. The van der Waals surface area contributed by atoms with Crippen LogP contribution in [0.5, 0.6) is 0 Å². The summed E-state index contributed by atoms with van der Waals surface area (Å²) in [6.45, 7) is -0.394. The van der Waals surface area contributed by atoms with Crippen LogP contribution in [-0.2, 0) is 20.7 Å². The molecule has 0 fully saturated rings. The number of carboxylic acids is 1. The van der Waals surface area contributed by atoms with E-state index in [1.54, 1.807) is 0 Å². The van der Waals surface area contributed by atoms with Gasteiger partial charge in [0.05, 0.1) is 0 Å². The van der Waals surface area contributed by atoms with Gasteiger partial charge in [0.15, 0.2) is 0 Å². The first kappa shape index (κ1) is 23.0. The van der Waals surface area contributed by atoms with Gasteiger partial charge < -0.3 is 20.5 Å². The Morgan fingerprint density at radius 3 is 2.06 bits per heavy atom. The summed E-state index contributed by atoms with van der Waals surface area (Å²) in [5.74, 6) is -1.81. The number of hydrogen-bond donors (Lipinski definition) is 3. The van der Waals surface area contributed by atoms with Crippen molar-refractivity contribution in [2.75, 3.05) is 13.2 Å². The number of aliphatic carboxylic acids is 1. The van der Waals surface area contributed by atoms with Crippen molar-refractivity contribution in [2.24, 2.45) is 0 Å². The summed E-state index contributed by atoms with van der Waals surface area (Å²) in [6.07, 6.45) is 0.125. The van der Waals surface area contributed by atoms with E-state index in [-0.39, 0.29) is 12.5 Å². The van der Waals surface area contributed by atoms with Crippen LogP contribution in [0.25, 0.3) is 11.1 Å². The predicted octanol–water partition coefficient (Wildman–Crippen LogP) is 3.73. The van der Waals surface area contributed by atoms with Crippen LogP contribution in [0.3, 0.4) is 0 Å². The second kappa shape index (κ2) is 10.7. The van der Waals surface area contributed by atoms with E-state index in [4.69, 9.17) is 9.84 Å². The van der Waals surface area contributed by atoms with Gasteiger partial charge in [-0.15, -0.1) is 0 Å². The van der Waals surface area contributed by atoms with E-state index in [2.05, 4.69) is 22.8 Å². The largest absolute Gasteiger partial charge is 0.480 e. The minimum Gasteiger partial charge on any atom is -0.480 e. The van der Waals surface area contributed by atoms with E-state index in [0.717, 1.165) is 27.8 Å². The number of hydrogen-bond acceptors (Lipinski definition) is 4. The first-order chi connectivity index (χ1) is 16.5. The van der Waals surface area contributed by atoms with Crippen LogP contribution in [0.15, 0.2) is 78.9 Å². The molecule has 1 atom stereocenters. The molecule has 0 aliphatic heterocycles. The van der Waals surface area contributed by atoms with Crippen molar-refractivity contribution in [2.45, 2.75) is 24.8 Å². The third kappa shape index (κ3) is 5.43. The fourth-order valence-electron chi connectivity index (χ4n) is 4.29. The van der Waals surface area contributed by atoms with E-state index >= 15 is 0 Å². The van der Waals surface area contributed by atoms with Crippen molar-refractivity contribution in [3.05, 3.63) is 95.6 Å². The maximum atomic E-state index is 12.7. The van der Waals surface area contributed by atoms with Crippen molar-refractivity contribution >= 4 is 18.0 Å². The van der Waals surface area contributed by atoms with Gasteiger partial charge in [0.1, 0.15) is 19.2 Å². The molecule has 0 aromatic heterocycles. The zero-order valence-electron chi connectivity index (χ0n) is 18.6. The first-order valence-electron chi connectivity index (χ1n) is 11.2. The number of benzene rings is 3. The Hall–Kier alpha value is -4.13. The molecule has 0 radical (unpaired) electrons. The number of fused-ring (bicyclic) bond motifs is 3. The van der Waals surface area contributed by atoms with Crippen LogP contribution >= 0.6 is 0 Å². The van der Waals surface area contributed by atoms with Crippen molar-refractivity contribution in [1.82, 2.24) is 10.6 Å². The molecule has 0 heterocycles. The summed E-state index contributed by atoms with van der Waals surface area (Å²) in [4.78, 5) is 36.1. The maximum absolute atomic E-state index is 12.7. The quantitative estimate of drug-likeness (QED) is 0.453. The fraction of sp³-hybridized carbons (Fsp3) is 0.222. The summed E-state index contributed by atoms with van der Waals surface area (Å²) >= 11 is 0. The third-order valence-electron chi connectivity index (χ3n) is 5.93. The van der Waals surface area contributed by atoms with Crippen LogP contribution in [0.4, 0.5) is 4.79 Å². The Kier molecular flexibility index (Phi) is 7.22. The fourth-order valence-corrected chi connectivity index (χ4v) is 4.29. The molecule has 1 aliphatic rings. The van der Waals surface area contributed by atoms with Crippen molar-refractivity contribution in [1.29, 1.82) is 0 Å². The molecule has 7 heteroatoms. The highest BCUT2D eigenvalue weighted by molar-refractivity contribution is 5.88. The van der Waals surface area contributed by atoms with Gasteiger partial charge in [-0.1, -0.05) is 78.9 Å². The molecular weight excluding hydrogens is 432 g/mol. The number of amides is 2. The number of carbonyl (C=O) groups is 3.